The molecule has 7 heteroatoms. The molecule has 0 fully saturated rings. The Balaban J connectivity index is 1.39. The van der Waals surface area contributed by atoms with Gasteiger partial charge in [0.15, 0.2) is 5.82 Å². The molecule has 0 atom stereocenters. The molecule has 0 spiro atoms. The van der Waals surface area contributed by atoms with Crippen molar-refractivity contribution in [3.63, 3.8) is 0 Å². The van der Waals surface area contributed by atoms with Gasteiger partial charge in [0.2, 0.25) is 0 Å². The average Bonchev–Trinajstić information content (AvgIpc) is 3.06. The van der Waals surface area contributed by atoms with E-state index in [-0.39, 0.29) is 5.91 Å². The summed E-state index contributed by atoms with van der Waals surface area (Å²) in [7, 11) is 0. The summed E-state index contributed by atoms with van der Waals surface area (Å²) in [5.74, 6) is 1.62. The minimum Gasteiger partial charge on any atom is -0.336 e. The van der Waals surface area contributed by atoms with Crippen molar-refractivity contribution in [2.24, 2.45) is 0 Å². The van der Waals surface area contributed by atoms with E-state index in [1.807, 2.05) is 58.1 Å². The van der Waals surface area contributed by atoms with Crippen LogP contribution in [0.3, 0.4) is 0 Å². The summed E-state index contributed by atoms with van der Waals surface area (Å²) in [5.41, 5.74) is 2.96. The van der Waals surface area contributed by atoms with Gasteiger partial charge in [-0.15, -0.1) is 0 Å². The van der Waals surface area contributed by atoms with Crippen LogP contribution >= 0.6 is 0 Å². The Bertz CT molecular complexity index is 1120. The maximum atomic E-state index is 13.1. The normalized spacial score (nSPS) is 13.9. The van der Waals surface area contributed by atoms with Crippen molar-refractivity contribution < 1.29 is 4.79 Å². The van der Waals surface area contributed by atoms with E-state index in [1.165, 1.54) is 0 Å². The standard InChI is InChI=1S/C21H18N6O/c28-21(16-7-4-8-17-19(16)23-11-10-22-17)26-12-9-18-24-20(25-27(18)14-13-26)15-5-2-1-3-6-15/h1-8,10-11H,9,12-14H2. The Labute approximate surface area is 161 Å². The van der Waals surface area contributed by atoms with Gasteiger partial charge in [-0.3, -0.25) is 14.8 Å². The molecule has 0 saturated carbocycles. The van der Waals surface area contributed by atoms with Crippen LogP contribution in [0.25, 0.3) is 22.4 Å². The minimum atomic E-state index is -0.0277. The maximum Gasteiger partial charge on any atom is 0.256 e. The van der Waals surface area contributed by atoms with Crippen molar-refractivity contribution in [3.8, 4) is 11.4 Å². The maximum absolute atomic E-state index is 13.1. The Morgan fingerprint density at radius 3 is 2.64 bits per heavy atom. The number of aromatic nitrogens is 5. The Morgan fingerprint density at radius 2 is 1.75 bits per heavy atom. The van der Waals surface area contributed by atoms with Crippen LogP contribution in [0.15, 0.2) is 60.9 Å². The lowest BCUT2D eigenvalue weighted by Crippen LogP contribution is -2.34. The first kappa shape index (κ1) is 16.6. The number of rotatable bonds is 2. The predicted octanol–water partition coefficient (Wildman–Crippen LogP) is 2.59. The Kier molecular flexibility index (Phi) is 4.05. The molecule has 0 N–H and O–H groups in total. The fourth-order valence-electron chi connectivity index (χ4n) is 3.55. The monoisotopic (exact) mass is 370 g/mol. The summed E-state index contributed by atoms with van der Waals surface area (Å²) in [4.78, 5) is 28.3. The quantitative estimate of drug-likeness (QED) is 0.542. The van der Waals surface area contributed by atoms with Crippen molar-refractivity contribution in [1.82, 2.24) is 29.6 Å². The van der Waals surface area contributed by atoms with Gasteiger partial charge < -0.3 is 4.90 Å². The molecule has 4 aromatic rings. The van der Waals surface area contributed by atoms with Gasteiger partial charge in [-0.05, 0) is 12.1 Å². The van der Waals surface area contributed by atoms with Crippen LogP contribution in [0.4, 0.5) is 0 Å². The van der Waals surface area contributed by atoms with Crippen LogP contribution in [-0.2, 0) is 13.0 Å². The molecule has 1 aliphatic rings. The number of carbonyl (C=O) groups is 1. The molecular formula is C21H18N6O. The highest BCUT2D eigenvalue weighted by Gasteiger charge is 2.23. The average molecular weight is 370 g/mol. The van der Waals surface area contributed by atoms with Gasteiger partial charge >= 0.3 is 0 Å². The zero-order chi connectivity index (χ0) is 18.9. The highest BCUT2D eigenvalue weighted by Crippen LogP contribution is 2.20. The number of fused-ring (bicyclic) bond motifs is 2. The van der Waals surface area contributed by atoms with E-state index in [0.717, 1.165) is 22.7 Å². The van der Waals surface area contributed by atoms with Gasteiger partial charge in [0.1, 0.15) is 11.3 Å². The molecule has 7 nitrogen and oxygen atoms in total. The number of para-hydroxylation sites is 1. The molecule has 0 radical (unpaired) electrons. The summed E-state index contributed by atoms with van der Waals surface area (Å²) in [6, 6.07) is 15.5. The van der Waals surface area contributed by atoms with Gasteiger partial charge in [-0.1, -0.05) is 36.4 Å². The van der Waals surface area contributed by atoms with Crippen molar-refractivity contribution in [2.75, 3.05) is 13.1 Å². The lowest BCUT2D eigenvalue weighted by atomic mass is 10.1. The summed E-state index contributed by atoms with van der Waals surface area (Å²) in [6.07, 6.45) is 3.92. The van der Waals surface area contributed by atoms with E-state index in [2.05, 4.69) is 20.1 Å². The number of amides is 1. The molecule has 2 aromatic carbocycles. The largest absolute Gasteiger partial charge is 0.336 e. The first-order valence-corrected chi connectivity index (χ1v) is 9.28. The first-order chi connectivity index (χ1) is 13.8. The van der Waals surface area contributed by atoms with Crippen LogP contribution in [-0.4, -0.2) is 48.6 Å². The topological polar surface area (TPSA) is 76.8 Å². The molecule has 0 bridgehead atoms. The van der Waals surface area contributed by atoms with Gasteiger partial charge in [-0.2, -0.15) is 5.10 Å². The third-order valence-corrected chi connectivity index (χ3v) is 4.98. The molecule has 28 heavy (non-hydrogen) atoms. The lowest BCUT2D eigenvalue weighted by Gasteiger charge is -2.20. The Morgan fingerprint density at radius 1 is 0.893 bits per heavy atom. The van der Waals surface area contributed by atoms with Gasteiger partial charge in [0, 0.05) is 37.5 Å². The van der Waals surface area contributed by atoms with Crippen LogP contribution in [0.1, 0.15) is 16.2 Å². The van der Waals surface area contributed by atoms with Gasteiger partial charge in [0.05, 0.1) is 17.6 Å². The number of nitrogens with zero attached hydrogens (tertiary/aromatic N) is 6. The smallest absolute Gasteiger partial charge is 0.256 e. The summed E-state index contributed by atoms with van der Waals surface area (Å²) >= 11 is 0. The first-order valence-electron chi connectivity index (χ1n) is 9.28. The summed E-state index contributed by atoms with van der Waals surface area (Å²) in [6.45, 7) is 1.81. The molecule has 0 saturated heterocycles. The van der Waals surface area contributed by atoms with E-state index < -0.39 is 0 Å². The van der Waals surface area contributed by atoms with Crippen LogP contribution in [0.5, 0.6) is 0 Å². The van der Waals surface area contributed by atoms with Gasteiger partial charge in [0.25, 0.3) is 5.91 Å². The zero-order valence-corrected chi connectivity index (χ0v) is 15.2. The molecule has 0 unspecified atom stereocenters. The SMILES string of the molecule is O=C(c1cccc2nccnc12)N1CCc2nc(-c3ccccc3)nn2CC1. The lowest BCUT2D eigenvalue weighted by molar-refractivity contribution is 0.0760. The number of hydrogen-bond donors (Lipinski definition) is 0. The fraction of sp³-hybridized carbons (Fsp3) is 0.190. The molecule has 0 aliphatic carbocycles. The van der Waals surface area contributed by atoms with Crippen molar-refractivity contribution in [3.05, 3.63) is 72.3 Å². The number of hydrogen-bond acceptors (Lipinski definition) is 5. The van der Waals surface area contributed by atoms with E-state index in [0.29, 0.717) is 37.1 Å². The summed E-state index contributed by atoms with van der Waals surface area (Å²) in [5, 5.41) is 4.64. The van der Waals surface area contributed by atoms with Gasteiger partial charge in [-0.25, -0.2) is 9.67 Å². The second-order valence-electron chi connectivity index (χ2n) is 6.71. The van der Waals surface area contributed by atoms with E-state index in [1.54, 1.807) is 12.4 Å². The molecular weight excluding hydrogens is 352 g/mol. The molecule has 5 rings (SSSR count). The minimum absolute atomic E-state index is 0.0277. The second-order valence-corrected chi connectivity index (χ2v) is 6.71. The summed E-state index contributed by atoms with van der Waals surface area (Å²) < 4.78 is 1.92. The van der Waals surface area contributed by atoms with Crippen molar-refractivity contribution in [2.45, 2.75) is 13.0 Å². The molecule has 1 amide bonds. The fourth-order valence-corrected chi connectivity index (χ4v) is 3.55. The van der Waals surface area contributed by atoms with Crippen molar-refractivity contribution >= 4 is 16.9 Å². The van der Waals surface area contributed by atoms with Crippen LogP contribution in [0.2, 0.25) is 0 Å². The third-order valence-electron chi connectivity index (χ3n) is 4.98. The highest BCUT2D eigenvalue weighted by atomic mass is 16.2. The highest BCUT2D eigenvalue weighted by molar-refractivity contribution is 6.04. The molecule has 3 heterocycles. The molecule has 138 valence electrons. The third kappa shape index (κ3) is 2.90. The zero-order valence-electron chi connectivity index (χ0n) is 15.2. The number of benzene rings is 2. The second kappa shape index (κ2) is 6.84. The molecule has 2 aromatic heterocycles. The molecule has 1 aliphatic heterocycles. The van der Waals surface area contributed by atoms with Crippen LogP contribution < -0.4 is 0 Å². The van der Waals surface area contributed by atoms with E-state index in [4.69, 9.17) is 0 Å². The predicted molar refractivity (Wildman–Crippen MR) is 105 cm³/mol. The van der Waals surface area contributed by atoms with Crippen molar-refractivity contribution in [1.29, 1.82) is 0 Å². The number of carbonyl (C=O) groups excluding carboxylic acids is 1. The van der Waals surface area contributed by atoms with E-state index >= 15 is 0 Å². The van der Waals surface area contributed by atoms with Crippen LogP contribution in [0, 0.1) is 0 Å². The van der Waals surface area contributed by atoms with E-state index in [9.17, 15) is 4.79 Å². The Hall–Kier alpha value is -3.61.